The molecule has 0 saturated heterocycles. The van der Waals surface area contributed by atoms with Crippen molar-refractivity contribution in [1.82, 2.24) is 0 Å². The third-order valence-electron chi connectivity index (χ3n) is 1.21. The number of hydrogen-bond donors (Lipinski definition) is 0. The molecular formula is C8H12ClN. The minimum Gasteiger partial charge on any atom is -0.271 e. The number of nitrogens with zero attached hydrogens (tertiary/aromatic N) is 1. The van der Waals surface area contributed by atoms with Gasteiger partial charge in [-0.2, -0.15) is 0 Å². The Kier molecular flexibility index (Phi) is 4.05. The van der Waals surface area contributed by atoms with Crippen molar-refractivity contribution in [2.75, 3.05) is 0 Å². The average molecular weight is 158 g/mol. The molecule has 0 aromatic heterocycles. The van der Waals surface area contributed by atoms with E-state index in [2.05, 4.69) is 18.3 Å². The van der Waals surface area contributed by atoms with Crippen LogP contribution in [0.1, 0.15) is 13.8 Å². The highest BCUT2D eigenvalue weighted by molar-refractivity contribution is 6.31. The van der Waals surface area contributed by atoms with Gasteiger partial charge in [-0.3, -0.25) is 4.99 Å². The number of halogens is 1. The van der Waals surface area contributed by atoms with Crippen molar-refractivity contribution in [2.45, 2.75) is 13.8 Å². The molecule has 0 bridgehead atoms. The predicted molar refractivity (Wildman–Crippen MR) is 47.5 cm³/mol. The summed E-state index contributed by atoms with van der Waals surface area (Å²) in [5, 5.41) is 0.588. The molecule has 1 nitrogen and oxygen atoms in total. The summed E-state index contributed by atoms with van der Waals surface area (Å²) in [6.45, 7) is 11.1. The molecule has 0 atom stereocenters. The summed E-state index contributed by atoms with van der Waals surface area (Å²) in [6, 6.07) is 0. The zero-order valence-corrected chi connectivity index (χ0v) is 7.15. The first kappa shape index (κ1) is 9.44. The molecule has 0 amide bonds. The van der Waals surface area contributed by atoms with Gasteiger partial charge in [-0.1, -0.05) is 32.0 Å². The van der Waals surface area contributed by atoms with Crippen LogP contribution in [0, 0.1) is 5.92 Å². The van der Waals surface area contributed by atoms with Gasteiger partial charge in [0.2, 0.25) is 0 Å². The predicted octanol–water partition coefficient (Wildman–Crippen LogP) is 2.98. The number of allylic oxidation sites excluding steroid dienone is 2. The summed E-state index contributed by atoms with van der Waals surface area (Å²) < 4.78 is 0. The molecule has 0 aliphatic carbocycles. The maximum Gasteiger partial charge on any atom is 0.0617 e. The van der Waals surface area contributed by atoms with Crippen LogP contribution in [-0.2, 0) is 0 Å². The van der Waals surface area contributed by atoms with Crippen molar-refractivity contribution in [1.29, 1.82) is 0 Å². The van der Waals surface area contributed by atoms with E-state index in [9.17, 15) is 0 Å². The quantitative estimate of drug-likeness (QED) is 0.441. The van der Waals surface area contributed by atoms with E-state index in [1.807, 2.05) is 13.8 Å². The Hall–Kier alpha value is -0.560. The van der Waals surface area contributed by atoms with Gasteiger partial charge in [0.05, 0.1) is 5.03 Å². The van der Waals surface area contributed by atoms with E-state index in [1.54, 1.807) is 0 Å². The second-order valence-electron chi connectivity index (χ2n) is 2.34. The van der Waals surface area contributed by atoms with Crippen molar-refractivity contribution in [3.8, 4) is 0 Å². The molecule has 0 N–H and O–H groups in total. The van der Waals surface area contributed by atoms with E-state index in [1.165, 1.54) is 6.20 Å². The van der Waals surface area contributed by atoms with E-state index in [0.29, 0.717) is 11.0 Å². The lowest BCUT2D eigenvalue weighted by molar-refractivity contribution is 0.791. The lowest BCUT2D eigenvalue weighted by Crippen LogP contribution is -1.91. The molecule has 0 aromatic rings. The van der Waals surface area contributed by atoms with E-state index >= 15 is 0 Å². The molecule has 0 aliphatic rings. The van der Waals surface area contributed by atoms with Gasteiger partial charge < -0.3 is 0 Å². The maximum atomic E-state index is 5.75. The Morgan fingerprint density at radius 3 is 2.40 bits per heavy atom. The highest BCUT2D eigenvalue weighted by Crippen LogP contribution is 2.20. The monoisotopic (exact) mass is 157 g/mol. The van der Waals surface area contributed by atoms with Crippen LogP contribution in [0.2, 0.25) is 0 Å². The Morgan fingerprint density at radius 1 is 1.60 bits per heavy atom. The fourth-order valence-corrected chi connectivity index (χ4v) is 0.726. The largest absolute Gasteiger partial charge is 0.271 e. The molecule has 0 unspecified atom stereocenters. The van der Waals surface area contributed by atoms with Crippen LogP contribution in [0.3, 0.4) is 0 Å². The van der Waals surface area contributed by atoms with Crippen molar-refractivity contribution in [3.05, 3.63) is 23.4 Å². The van der Waals surface area contributed by atoms with E-state index < -0.39 is 0 Å². The van der Waals surface area contributed by atoms with Crippen LogP contribution in [0.5, 0.6) is 0 Å². The Labute approximate surface area is 67.1 Å². The summed E-state index contributed by atoms with van der Waals surface area (Å²) in [5.74, 6) is 0.366. The maximum absolute atomic E-state index is 5.75. The van der Waals surface area contributed by atoms with Gasteiger partial charge in [-0.15, -0.1) is 0 Å². The second kappa shape index (κ2) is 4.29. The van der Waals surface area contributed by atoms with Gasteiger partial charge in [0.25, 0.3) is 0 Å². The first-order valence-electron chi connectivity index (χ1n) is 3.10. The molecule has 0 aliphatic heterocycles. The fourth-order valence-electron chi connectivity index (χ4n) is 0.439. The normalized spacial score (nSPS) is 11.8. The van der Waals surface area contributed by atoms with Crippen LogP contribution >= 0.6 is 11.6 Å². The van der Waals surface area contributed by atoms with E-state index in [4.69, 9.17) is 11.6 Å². The van der Waals surface area contributed by atoms with Crippen LogP contribution < -0.4 is 0 Å². The first-order chi connectivity index (χ1) is 4.59. The van der Waals surface area contributed by atoms with Gasteiger partial charge in [-0.25, -0.2) is 0 Å². The van der Waals surface area contributed by atoms with Crippen LogP contribution in [0.15, 0.2) is 28.4 Å². The lowest BCUT2D eigenvalue weighted by Gasteiger charge is -2.05. The summed E-state index contributed by atoms with van der Waals surface area (Å²) in [5.41, 5.74) is 0.897. The van der Waals surface area contributed by atoms with E-state index in [0.717, 1.165) is 5.57 Å². The fraction of sp³-hybridized carbons (Fsp3) is 0.375. The molecule has 0 spiro atoms. The smallest absolute Gasteiger partial charge is 0.0617 e. The molecule has 0 aromatic carbocycles. The topological polar surface area (TPSA) is 12.4 Å². The number of rotatable bonds is 3. The molecule has 0 fully saturated rings. The lowest BCUT2D eigenvalue weighted by atomic mass is 10.1. The van der Waals surface area contributed by atoms with Crippen molar-refractivity contribution < 1.29 is 0 Å². The minimum absolute atomic E-state index is 0.366. The standard InChI is InChI=1S/C8H12ClN/c1-6(2)7(3)8(9)5-10-4/h5-6H,3-4H2,1-2H3/b8-5+. The molecule has 0 radical (unpaired) electrons. The molecular weight excluding hydrogens is 146 g/mol. The molecule has 0 saturated carbocycles. The highest BCUT2D eigenvalue weighted by Gasteiger charge is 2.02. The zero-order chi connectivity index (χ0) is 8.15. The van der Waals surface area contributed by atoms with Gasteiger partial charge in [0, 0.05) is 6.20 Å². The van der Waals surface area contributed by atoms with Crippen molar-refractivity contribution in [3.63, 3.8) is 0 Å². The summed E-state index contributed by atoms with van der Waals surface area (Å²) in [6.07, 6.45) is 1.50. The summed E-state index contributed by atoms with van der Waals surface area (Å²) in [4.78, 5) is 3.53. The van der Waals surface area contributed by atoms with Gasteiger partial charge in [0.1, 0.15) is 0 Å². The summed E-state index contributed by atoms with van der Waals surface area (Å²) in [7, 11) is 0. The Bertz CT molecular complexity index is 168. The summed E-state index contributed by atoms with van der Waals surface area (Å²) >= 11 is 5.75. The van der Waals surface area contributed by atoms with Crippen LogP contribution in [0.25, 0.3) is 0 Å². The molecule has 2 heteroatoms. The molecule has 10 heavy (non-hydrogen) atoms. The highest BCUT2D eigenvalue weighted by atomic mass is 35.5. The van der Waals surface area contributed by atoms with Crippen molar-refractivity contribution in [2.24, 2.45) is 10.9 Å². The Balaban J connectivity index is 4.21. The molecule has 56 valence electrons. The second-order valence-corrected chi connectivity index (χ2v) is 2.75. The molecule has 0 rings (SSSR count). The van der Waals surface area contributed by atoms with Gasteiger partial charge in [-0.05, 0) is 18.2 Å². The van der Waals surface area contributed by atoms with Crippen molar-refractivity contribution >= 4 is 18.3 Å². The van der Waals surface area contributed by atoms with E-state index in [-0.39, 0.29) is 0 Å². The first-order valence-corrected chi connectivity index (χ1v) is 3.48. The zero-order valence-electron chi connectivity index (χ0n) is 6.39. The molecule has 0 heterocycles. The van der Waals surface area contributed by atoms with Crippen LogP contribution in [-0.4, -0.2) is 6.72 Å². The number of aliphatic imine (C=N–C) groups is 1. The van der Waals surface area contributed by atoms with Gasteiger partial charge >= 0.3 is 0 Å². The van der Waals surface area contributed by atoms with Gasteiger partial charge in [0.15, 0.2) is 0 Å². The average Bonchev–Trinajstić information content (AvgIpc) is 1.87. The third kappa shape index (κ3) is 2.83. The SMILES string of the molecule is C=N/C=C(/Cl)C(=C)C(C)C. The minimum atomic E-state index is 0.366. The third-order valence-corrected chi connectivity index (χ3v) is 1.55. The Morgan fingerprint density at radius 2 is 2.10 bits per heavy atom. The number of hydrogen-bond acceptors (Lipinski definition) is 1. The van der Waals surface area contributed by atoms with Crippen LogP contribution in [0.4, 0.5) is 0 Å².